The third kappa shape index (κ3) is 3.47. The van der Waals surface area contributed by atoms with Crippen molar-refractivity contribution in [3.05, 3.63) is 88.9 Å². The van der Waals surface area contributed by atoms with Crippen molar-refractivity contribution in [1.82, 2.24) is 0 Å². The average molecular weight is 351 g/mol. The first kappa shape index (κ1) is 16.9. The van der Waals surface area contributed by atoms with E-state index in [-0.39, 0.29) is 5.56 Å². The maximum Gasteiger partial charge on any atom is 0.234 e. The van der Waals surface area contributed by atoms with Crippen molar-refractivity contribution in [2.45, 2.75) is 0 Å². The molecule has 0 aromatic heterocycles. The van der Waals surface area contributed by atoms with E-state index >= 15 is 0 Å². The largest absolute Gasteiger partial charge is 0.497 e. The number of hydrogen-bond acceptors (Lipinski definition) is 3. The number of halogens is 1. The van der Waals surface area contributed by atoms with E-state index in [0.29, 0.717) is 21.9 Å². The molecular formula is C21H15ClO3. The summed E-state index contributed by atoms with van der Waals surface area (Å²) < 4.78 is 5.16. The van der Waals surface area contributed by atoms with E-state index in [9.17, 15) is 9.59 Å². The Balaban J connectivity index is 2.06. The number of methoxy groups -OCH3 is 1. The second-order valence-corrected chi connectivity index (χ2v) is 5.82. The van der Waals surface area contributed by atoms with E-state index in [1.807, 2.05) is 12.1 Å². The van der Waals surface area contributed by atoms with Gasteiger partial charge < -0.3 is 4.74 Å². The predicted octanol–water partition coefficient (Wildman–Crippen LogP) is 5.08. The molecule has 0 atom stereocenters. The number of ether oxygens (including phenoxy) is 1. The number of carbonyl (C=O) groups is 2. The Kier molecular flexibility index (Phi) is 4.96. The van der Waals surface area contributed by atoms with Crippen LogP contribution in [0.25, 0.3) is 11.1 Å². The zero-order chi connectivity index (χ0) is 17.8. The van der Waals surface area contributed by atoms with E-state index in [4.69, 9.17) is 16.3 Å². The van der Waals surface area contributed by atoms with Crippen molar-refractivity contribution in [2.24, 2.45) is 0 Å². The summed E-state index contributed by atoms with van der Waals surface area (Å²) >= 11 is 6.34. The van der Waals surface area contributed by atoms with Crippen molar-refractivity contribution in [3.63, 3.8) is 0 Å². The van der Waals surface area contributed by atoms with Gasteiger partial charge in [-0.05, 0) is 23.8 Å². The molecule has 25 heavy (non-hydrogen) atoms. The number of rotatable bonds is 5. The third-order valence-corrected chi connectivity index (χ3v) is 4.19. The topological polar surface area (TPSA) is 43.4 Å². The Hall–Kier alpha value is -2.91. The number of hydrogen-bond donors (Lipinski definition) is 0. The molecule has 3 aromatic rings. The Labute approximate surface area is 150 Å². The Bertz CT molecular complexity index is 916. The Morgan fingerprint density at radius 3 is 2.12 bits per heavy atom. The standard InChI is InChI=1S/C21H15ClO3/c1-25-16-12-10-14(11-13-16)19-17(8-5-9-18(19)22)21(24)20(23)15-6-3-2-4-7-15/h2-13H,1H3. The summed E-state index contributed by atoms with van der Waals surface area (Å²) in [6.45, 7) is 0. The summed E-state index contributed by atoms with van der Waals surface area (Å²) in [6, 6.07) is 20.7. The van der Waals surface area contributed by atoms with Crippen LogP contribution >= 0.6 is 11.6 Å². The zero-order valence-corrected chi connectivity index (χ0v) is 14.3. The first-order chi connectivity index (χ1) is 12.1. The second-order valence-electron chi connectivity index (χ2n) is 5.42. The Morgan fingerprint density at radius 1 is 0.800 bits per heavy atom. The molecule has 124 valence electrons. The van der Waals surface area contributed by atoms with Gasteiger partial charge in [-0.1, -0.05) is 66.2 Å². The van der Waals surface area contributed by atoms with Crippen LogP contribution in [0.5, 0.6) is 5.75 Å². The van der Waals surface area contributed by atoms with Crippen LogP contribution in [-0.4, -0.2) is 18.7 Å². The van der Waals surface area contributed by atoms with Gasteiger partial charge in [-0.2, -0.15) is 0 Å². The molecule has 0 fully saturated rings. The number of benzene rings is 3. The van der Waals surface area contributed by atoms with Crippen molar-refractivity contribution < 1.29 is 14.3 Å². The molecule has 0 spiro atoms. The minimum Gasteiger partial charge on any atom is -0.497 e. The molecule has 3 nitrogen and oxygen atoms in total. The smallest absolute Gasteiger partial charge is 0.234 e. The minimum atomic E-state index is -0.584. The van der Waals surface area contributed by atoms with Crippen molar-refractivity contribution in [2.75, 3.05) is 7.11 Å². The fourth-order valence-corrected chi connectivity index (χ4v) is 2.89. The van der Waals surface area contributed by atoms with E-state index < -0.39 is 11.6 Å². The summed E-state index contributed by atoms with van der Waals surface area (Å²) in [5.41, 5.74) is 1.93. The van der Waals surface area contributed by atoms with Gasteiger partial charge in [-0.3, -0.25) is 9.59 Å². The maximum atomic E-state index is 12.8. The third-order valence-electron chi connectivity index (χ3n) is 3.88. The lowest BCUT2D eigenvalue weighted by molar-refractivity contribution is 0.0817. The lowest BCUT2D eigenvalue weighted by Gasteiger charge is -2.11. The van der Waals surface area contributed by atoms with Crippen LogP contribution in [0.4, 0.5) is 0 Å². The van der Waals surface area contributed by atoms with Crippen LogP contribution in [-0.2, 0) is 0 Å². The van der Waals surface area contributed by atoms with Gasteiger partial charge in [-0.15, -0.1) is 0 Å². The SMILES string of the molecule is COc1ccc(-c2c(Cl)cccc2C(=O)C(=O)c2ccccc2)cc1. The molecule has 3 rings (SSSR count). The molecule has 0 bridgehead atoms. The molecule has 4 heteroatoms. The first-order valence-electron chi connectivity index (χ1n) is 7.69. The number of carbonyl (C=O) groups excluding carboxylic acids is 2. The maximum absolute atomic E-state index is 12.8. The summed E-state index contributed by atoms with van der Waals surface area (Å²) in [4.78, 5) is 25.3. The van der Waals surface area contributed by atoms with Gasteiger partial charge in [-0.25, -0.2) is 0 Å². The molecule has 0 saturated heterocycles. The van der Waals surface area contributed by atoms with Crippen LogP contribution in [0, 0.1) is 0 Å². The van der Waals surface area contributed by atoms with E-state index in [0.717, 1.165) is 5.56 Å². The summed E-state index contributed by atoms with van der Waals surface area (Å²) in [5, 5.41) is 0.414. The molecule has 0 radical (unpaired) electrons. The van der Waals surface area contributed by atoms with E-state index in [2.05, 4.69) is 0 Å². The van der Waals surface area contributed by atoms with Crippen LogP contribution < -0.4 is 4.74 Å². The van der Waals surface area contributed by atoms with Crippen LogP contribution in [0.15, 0.2) is 72.8 Å². The molecule has 0 amide bonds. The molecule has 0 heterocycles. The average Bonchev–Trinajstić information content (AvgIpc) is 2.67. The number of ketones is 2. The quantitative estimate of drug-likeness (QED) is 0.476. The molecule has 0 aliphatic rings. The van der Waals surface area contributed by atoms with Crippen LogP contribution in [0.2, 0.25) is 5.02 Å². The van der Waals surface area contributed by atoms with Gasteiger partial charge in [0.2, 0.25) is 11.6 Å². The molecule has 3 aromatic carbocycles. The molecule has 0 unspecified atom stereocenters. The highest BCUT2D eigenvalue weighted by Gasteiger charge is 2.23. The van der Waals surface area contributed by atoms with Crippen LogP contribution in [0.3, 0.4) is 0 Å². The highest BCUT2D eigenvalue weighted by Crippen LogP contribution is 2.33. The first-order valence-corrected chi connectivity index (χ1v) is 8.06. The normalized spacial score (nSPS) is 10.3. The fourth-order valence-electron chi connectivity index (χ4n) is 2.61. The zero-order valence-electron chi connectivity index (χ0n) is 13.5. The lowest BCUT2D eigenvalue weighted by atomic mass is 9.93. The highest BCUT2D eigenvalue weighted by molar-refractivity contribution is 6.50. The summed E-state index contributed by atoms with van der Waals surface area (Å²) in [6.07, 6.45) is 0. The fraction of sp³-hybridized carbons (Fsp3) is 0.0476. The van der Waals surface area contributed by atoms with Crippen molar-refractivity contribution in [1.29, 1.82) is 0 Å². The van der Waals surface area contributed by atoms with Crippen molar-refractivity contribution in [3.8, 4) is 16.9 Å². The van der Waals surface area contributed by atoms with Gasteiger partial charge in [0, 0.05) is 21.7 Å². The Morgan fingerprint density at radius 2 is 1.48 bits per heavy atom. The minimum absolute atomic E-state index is 0.284. The summed E-state index contributed by atoms with van der Waals surface area (Å²) in [7, 11) is 1.58. The molecule has 0 saturated carbocycles. The second kappa shape index (κ2) is 7.32. The van der Waals surface area contributed by atoms with Gasteiger partial charge in [0.1, 0.15) is 5.75 Å². The van der Waals surface area contributed by atoms with Gasteiger partial charge in [0.25, 0.3) is 0 Å². The van der Waals surface area contributed by atoms with Gasteiger partial charge in [0.05, 0.1) is 7.11 Å². The van der Waals surface area contributed by atoms with E-state index in [1.54, 1.807) is 67.8 Å². The van der Waals surface area contributed by atoms with Gasteiger partial charge >= 0.3 is 0 Å². The molecular weight excluding hydrogens is 336 g/mol. The molecule has 0 aliphatic carbocycles. The highest BCUT2D eigenvalue weighted by atomic mass is 35.5. The predicted molar refractivity (Wildman–Crippen MR) is 98.5 cm³/mol. The summed E-state index contributed by atoms with van der Waals surface area (Å²) in [5.74, 6) is -0.443. The lowest BCUT2D eigenvalue weighted by Crippen LogP contribution is -2.15. The van der Waals surface area contributed by atoms with Crippen LogP contribution in [0.1, 0.15) is 20.7 Å². The van der Waals surface area contributed by atoms with Crippen molar-refractivity contribution >= 4 is 23.2 Å². The van der Waals surface area contributed by atoms with E-state index in [1.165, 1.54) is 0 Å². The monoisotopic (exact) mass is 350 g/mol. The molecule has 0 N–H and O–H groups in total. The number of Topliss-reactive ketones (excluding diaryl/α,β-unsaturated/α-hetero) is 2. The molecule has 0 aliphatic heterocycles. The van der Waals surface area contributed by atoms with Gasteiger partial charge in [0.15, 0.2) is 0 Å².